The summed E-state index contributed by atoms with van der Waals surface area (Å²) in [4.78, 5) is 4.02. The van der Waals surface area contributed by atoms with Crippen LogP contribution in [-0.4, -0.2) is 49.1 Å². The normalized spacial score (nSPS) is 30.7. The predicted molar refractivity (Wildman–Crippen MR) is 69.3 cm³/mol. The van der Waals surface area contributed by atoms with Crippen molar-refractivity contribution in [2.24, 2.45) is 4.99 Å². The molecule has 2 fully saturated rings. The first-order valence-electron chi connectivity index (χ1n) is 6.31. The molecule has 2 aliphatic rings. The number of alkyl halides is 3. The van der Waals surface area contributed by atoms with E-state index in [1.165, 1.54) is 0 Å². The SMILES string of the molecule is CN=C(NCCSC(F)(F)F)NC1CC2CCC1O2. The first-order chi connectivity index (χ1) is 8.98. The summed E-state index contributed by atoms with van der Waals surface area (Å²) >= 11 is -0.0291. The van der Waals surface area contributed by atoms with Crippen LogP contribution in [0.1, 0.15) is 19.3 Å². The first kappa shape index (κ1) is 14.8. The zero-order valence-electron chi connectivity index (χ0n) is 10.7. The van der Waals surface area contributed by atoms with Crippen LogP contribution < -0.4 is 10.6 Å². The predicted octanol–water partition coefficient (Wildman–Crippen LogP) is 1.72. The number of aliphatic imine (C=N–C) groups is 1. The number of nitrogens with zero attached hydrogens (tertiary/aromatic N) is 1. The van der Waals surface area contributed by atoms with Crippen molar-refractivity contribution in [3.8, 4) is 0 Å². The van der Waals surface area contributed by atoms with Crippen LogP contribution in [0.4, 0.5) is 13.2 Å². The highest BCUT2D eigenvalue weighted by Gasteiger charge is 2.41. The zero-order valence-corrected chi connectivity index (χ0v) is 11.5. The second kappa shape index (κ2) is 6.21. The van der Waals surface area contributed by atoms with Crippen LogP contribution in [0.3, 0.4) is 0 Å². The zero-order chi connectivity index (χ0) is 13.9. The molecule has 0 spiro atoms. The number of nitrogens with one attached hydrogen (secondary N) is 2. The van der Waals surface area contributed by atoms with E-state index < -0.39 is 5.51 Å². The maximum atomic E-state index is 12.0. The fourth-order valence-electron chi connectivity index (χ4n) is 2.50. The van der Waals surface area contributed by atoms with Crippen molar-refractivity contribution >= 4 is 17.7 Å². The van der Waals surface area contributed by atoms with Gasteiger partial charge in [-0.05, 0) is 31.0 Å². The second-order valence-corrected chi connectivity index (χ2v) is 5.81. The summed E-state index contributed by atoms with van der Waals surface area (Å²) in [7, 11) is 1.61. The molecule has 2 heterocycles. The molecule has 8 heteroatoms. The van der Waals surface area contributed by atoms with E-state index in [0.29, 0.717) is 12.1 Å². The minimum atomic E-state index is -4.17. The third-order valence-electron chi connectivity index (χ3n) is 3.31. The summed E-state index contributed by atoms with van der Waals surface area (Å²) in [5.74, 6) is 0.515. The first-order valence-corrected chi connectivity index (χ1v) is 7.30. The van der Waals surface area contributed by atoms with E-state index in [1.807, 2.05) is 0 Å². The molecular weight excluding hydrogens is 279 g/mol. The number of thioether (sulfide) groups is 1. The Kier molecular flexibility index (Phi) is 4.83. The third-order valence-corrected chi connectivity index (χ3v) is 4.05. The Hall–Kier alpha value is -0.630. The van der Waals surface area contributed by atoms with Crippen molar-refractivity contribution < 1.29 is 17.9 Å². The number of ether oxygens (including phenoxy) is 1. The van der Waals surface area contributed by atoms with Gasteiger partial charge in [0.2, 0.25) is 0 Å². The van der Waals surface area contributed by atoms with Gasteiger partial charge in [-0.25, -0.2) is 0 Å². The molecule has 2 bridgehead atoms. The molecule has 0 aromatic rings. The quantitative estimate of drug-likeness (QED) is 0.471. The van der Waals surface area contributed by atoms with Crippen molar-refractivity contribution in [1.29, 1.82) is 0 Å². The summed E-state index contributed by atoms with van der Waals surface area (Å²) in [6.45, 7) is 0.228. The molecular formula is C11H18F3N3OS. The van der Waals surface area contributed by atoms with Gasteiger partial charge in [0.1, 0.15) is 0 Å². The fourth-order valence-corrected chi connectivity index (χ4v) is 2.93. The molecule has 110 valence electrons. The minimum Gasteiger partial charge on any atom is -0.373 e. The molecule has 0 aliphatic carbocycles. The number of hydrogen-bond acceptors (Lipinski definition) is 3. The summed E-state index contributed by atoms with van der Waals surface area (Å²) in [5.41, 5.74) is -4.17. The maximum Gasteiger partial charge on any atom is 0.441 e. The van der Waals surface area contributed by atoms with E-state index in [-0.39, 0.29) is 36.2 Å². The summed E-state index contributed by atoms with van der Waals surface area (Å²) in [6, 6.07) is 0.222. The van der Waals surface area contributed by atoms with E-state index in [4.69, 9.17) is 4.74 Å². The lowest BCUT2D eigenvalue weighted by molar-refractivity contribution is -0.0327. The minimum absolute atomic E-state index is 0.0291. The number of fused-ring (bicyclic) bond motifs is 2. The largest absolute Gasteiger partial charge is 0.441 e. The van der Waals surface area contributed by atoms with Crippen LogP contribution in [0.5, 0.6) is 0 Å². The maximum absolute atomic E-state index is 12.0. The lowest BCUT2D eigenvalue weighted by Gasteiger charge is -2.22. The Morgan fingerprint density at radius 1 is 1.42 bits per heavy atom. The molecule has 0 amide bonds. The average Bonchev–Trinajstić information content (AvgIpc) is 2.93. The van der Waals surface area contributed by atoms with Crippen molar-refractivity contribution in [1.82, 2.24) is 10.6 Å². The van der Waals surface area contributed by atoms with Crippen molar-refractivity contribution in [3.05, 3.63) is 0 Å². The molecule has 2 rings (SSSR count). The van der Waals surface area contributed by atoms with Crippen LogP contribution in [0.2, 0.25) is 0 Å². The number of hydrogen-bond donors (Lipinski definition) is 2. The van der Waals surface area contributed by atoms with Crippen LogP contribution in [0.25, 0.3) is 0 Å². The van der Waals surface area contributed by atoms with Gasteiger partial charge in [0, 0.05) is 19.3 Å². The van der Waals surface area contributed by atoms with E-state index in [1.54, 1.807) is 7.05 Å². The Morgan fingerprint density at radius 2 is 2.21 bits per heavy atom. The standard InChI is InChI=1S/C11H18F3N3OS/c1-15-10(16-4-5-19-11(12,13)14)17-8-6-7-2-3-9(8)18-7/h7-9H,2-6H2,1H3,(H2,15,16,17). The van der Waals surface area contributed by atoms with Gasteiger partial charge in [-0.3, -0.25) is 4.99 Å². The topological polar surface area (TPSA) is 45.7 Å². The Bertz CT molecular complexity index is 338. The van der Waals surface area contributed by atoms with Crippen LogP contribution >= 0.6 is 11.8 Å². The van der Waals surface area contributed by atoms with Gasteiger partial charge in [0.25, 0.3) is 0 Å². The average molecular weight is 297 g/mol. The molecule has 2 N–H and O–H groups in total. The smallest absolute Gasteiger partial charge is 0.373 e. The van der Waals surface area contributed by atoms with E-state index in [0.717, 1.165) is 19.3 Å². The Morgan fingerprint density at radius 3 is 2.74 bits per heavy atom. The van der Waals surface area contributed by atoms with E-state index >= 15 is 0 Å². The summed E-state index contributed by atoms with van der Waals surface area (Å²) < 4.78 is 41.6. The summed E-state index contributed by atoms with van der Waals surface area (Å²) in [6.07, 6.45) is 3.65. The lowest BCUT2D eigenvalue weighted by Crippen LogP contribution is -2.47. The third kappa shape index (κ3) is 4.45. The van der Waals surface area contributed by atoms with Crippen molar-refractivity contribution in [2.75, 3.05) is 19.3 Å². The highest BCUT2D eigenvalue weighted by atomic mass is 32.2. The molecule has 0 aromatic heterocycles. The summed E-state index contributed by atoms with van der Waals surface area (Å²) in [5, 5.41) is 6.11. The van der Waals surface area contributed by atoms with Gasteiger partial charge in [0.05, 0.1) is 18.2 Å². The van der Waals surface area contributed by atoms with Crippen molar-refractivity contribution in [2.45, 2.75) is 43.0 Å². The number of rotatable bonds is 4. The molecule has 4 nitrogen and oxygen atoms in total. The molecule has 3 atom stereocenters. The van der Waals surface area contributed by atoms with Gasteiger partial charge < -0.3 is 15.4 Å². The van der Waals surface area contributed by atoms with Gasteiger partial charge >= 0.3 is 5.51 Å². The van der Waals surface area contributed by atoms with Gasteiger partial charge in [0.15, 0.2) is 5.96 Å². The van der Waals surface area contributed by atoms with Crippen LogP contribution in [0, 0.1) is 0 Å². The fraction of sp³-hybridized carbons (Fsp3) is 0.909. The molecule has 2 saturated heterocycles. The molecule has 19 heavy (non-hydrogen) atoms. The highest BCUT2D eigenvalue weighted by Crippen LogP contribution is 2.34. The molecule has 3 unspecified atom stereocenters. The number of guanidine groups is 1. The van der Waals surface area contributed by atoms with Crippen LogP contribution in [-0.2, 0) is 4.74 Å². The monoisotopic (exact) mass is 297 g/mol. The van der Waals surface area contributed by atoms with Gasteiger partial charge in [-0.15, -0.1) is 0 Å². The molecule has 0 saturated carbocycles. The van der Waals surface area contributed by atoms with Crippen LogP contribution in [0.15, 0.2) is 4.99 Å². The van der Waals surface area contributed by atoms with Crippen molar-refractivity contribution in [3.63, 3.8) is 0 Å². The van der Waals surface area contributed by atoms with Gasteiger partial charge in [-0.2, -0.15) is 13.2 Å². The molecule has 2 aliphatic heterocycles. The second-order valence-electron chi connectivity index (χ2n) is 4.65. The molecule has 0 radical (unpaired) electrons. The van der Waals surface area contributed by atoms with Gasteiger partial charge in [-0.1, -0.05) is 0 Å². The Balaban J connectivity index is 1.67. The number of halogens is 3. The molecule has 0 aromatic carbocycles. The highest BCUT2D eigenvalue weighted by molar-refractivity contribution is 8.00. The Labute approximate surface area is 114 Å². The lowest BCUT2D eigenvalue weighted by atomic mass is 9.96. The van der Waals surface area contributed by atoms with E-state index in [2.05, 4.69) is 15.6 Å². The van der Waals surface area contributed by atoms with E-state index in [9.17, 15) is 13.2 Å².